The van der Waals surface area contributed by atoms with Gasteiger partial charge >= 0.3 is 0 Å². The number of nitrogens with zero attached hydrogens (tertiary/aromatic N) is 2. The molecule has 2 N–H and O–H groups in total. The standard InChI is InChI=1S/C24H25Cl2FN4O/c1-24(2,3)31-11-10-20(30-31)17-13-21(23(32)28-16-7-5-15(25)6-8-16)29-22(17)14-4-9-18(26)19(27)12-14/h4-12,17,21-22,29H,13H2,1-3H3,(H,28,32)/t17?,21-,22-/m0/s1. The first-order valence-electron chi connectivity index (χ1n) is 10.5. The average Bonchev–Trinajstić information content (AvgIpc) is 3.39. The third-order valence-corrected chi connectivity index (χ3v) is 6.24. The van der Waals surface area contributed by atoms with Gasteiger partial charge in [0.05, 0.1) is 22.3 Å². The van der Waals surface area contributed by atoms with Crippen molar-refractivity contribution in [2.45, 2.75) is 50.7 Å². The Labute approximate surface area is 196 Å². The van der Waals surface area contributed by atoms with Crippen molar-refractivity contribution in [1.29, 1.82) is 0 Å². The normalized spacial score (nSPS) is 21.0. The molecule has 4 rings (SSSR count). The van der Waals surface area contributed by atoms with Crippen LogP contribution in [0.15, 0.2) is 54.7 Å². The maximum atomic E-state index is 14.2. The molecule has 1 fully saturated rings. The number of hydrogen-bond acceptors (Lipinski definition) is 3. The molecule has 1 aliphatic rings. The highest BCUT2D eigenvalue weighted by Crippen LogP contribution is 2.41. The Morgan fingerprint density at radius 3 is 2.50 bits per heavy atom. The molecule has 1 unspecified atom stereocenters. The Kier molecular flexibility index (Phi) is 6.30. The number of halogens is 3. The zero-order valence-electron chi connectivity index (χ0n) is 18.1. The number of carbonyl (C=O) groups is 1. The number of nitrogens with one attached hydrogen (secondary N) is 2. The van der Waals surface area contributed by atoms with Crippen LogP contribution < -0.4 is 10.6 Å². The van der Waals surface area contributed by atoms with E-state index in [0.29, 0.717) is 17.1 Å². The maximum absolute atomic E-state index is 14.2. The van der Waals surface area contributed by atoms with Crippen LogP contribution in [0.2, 0.25) is 10.0 Å². The fourth-order valence-corrected chi connectivity index (χ4v) is 4.22. The Morgan fingerprint density at radius 1 is 1.16 bits per heavy atom. The molecule has 2 aromatic carbocycles. The summed E-state index contributed by atoms with van der Waals surface area (Å²) in [5, 5.41) is 11.8. The number of carbonyl (C=O) groups excluding carboxylic acids is 1. The zero-order chi connectivity index (χ0) is 23.0. The zero-order valence-corrected chi connectivity index (χ0v) is 19.6. The van der Waals surface area contributed by atoms with E-state index in [2.05, 4.69) is 31.4 Å². The summed E-state index contributed by atoms with van der Waals surface area (Å²) in [6.45, 7) is 6.22. The molecule has 3 aromatic rings. The van der Waals surface area contributed by atoms with E-state index in [4.69, 9.17) is 28.3 Å². The Morgan fingerprint density at radius 2 is 1.88 bits per heavy atom. The lowest BCUT2D eigenvalue weighted by molar-refractivity contribution is -0.117. The van der Waals surface area contributed by atoms with Crippen molar-refractivity contribution in [3.05, 3.63) is 81.8 Å². The molecule has 0 bridgehead atoms. The Hall–Kier alpha value is -2.41. The molecule has 8 heteroatoms. The number of anilines is 1. The maximum Gasteiger partial charge on any atom is 0.241 e. The van der Waals surface area contributed by atoms with E-state index in [1.165, 1.54) is 6.07 Å². The molecule has 0 radical (unpaired) electrons. The SMILES string of the molecule is CC(C)(C)n1ccc(C2C[C@@H](C(=O)Nc3ccc(Cl)cc3)N[C@H]2c2ccc(Cl)c(F)c2)n1. The molecule has 1 aliphatic heterocycles. The van der Waals surface area contributed by atoms with E-state index in [9.17, 15) is 9.18 Å². The number of rotatable bonds is 4. The minimum atomic E-state index is -0.487. The molecule has 3 atom stereocenters. The van der Waals surface area contributed by atoms with Crippen LogP contribution in [-0.2, 0) is 10.3 Å². The molecule has 0 aliphatic carbocycles. The first-order valence-corrected chi connectivity index (χ1v) is 11.2. The highest BCUT2D eigenvalue weighted by Gasteiger charge is 2.40. The van der Waals surface area contributed by atoms with Crippen LogP contribution in [0.1, 0.15) is 50.4 Å². The quantitative estimate of drug-likeness (QED) is 0.493. The average molecular weight is 475 g/mol. The van der Waals surface area contributed by atoms with Crippen molar-refractivity contribution in [1.82, 2.24) is 15.1 Å². The van der Waals surface area contributed by atoms with Crippen molar-refractivity contribution in [3.8, 4) is 0 Å². The van der Waals surface area contributed by atoms with Crippen LogP contribution >= 0.6 is 23.2 Å². The highest BCUT2D eigenvalue weighted by molar-refractivity contribution is 6.31. The number of hydrogen-bond donors (Lipinski definition) is 2. The van der Waals surface area contributed by atoms with Gasteiger partial charge in [0.1, 0.15) is 5.82 Å². The molecule has 5 nitrogen and oxygen atoms in total. The van der Waals surface area contributed by atoms with Crippen molar-refractivity contribution in [2.24, 2.45) is 0 Å². The molecule has 0 spiro atoms. The van der Waals surface area contributed by atoms with Gasteiger partial charge in [-0.3, -0.25) is 14.8 Å². The van der Waals surface area contributed by atoms with Crippen molar-refractivity contribution >= 4 is 34.8 Å². The third-order valence-electron chi connectivity index (χ3n) is 5.68. The minimum Gasteiger partial charge on any atom is -0.325 e. The van der Waals surface area contributed by atoms with Crippen LogP contribution in [0.4, 0.5) is 10.1 Å². The monoisotopic (exact) mass is 474 g/mol. The van der Waals surface area contributed by atoms with Crippen LogP contribution in [0, 0.1) is 5.82 Å². The predicted octanol–water partition coefficient (Wildman–Crippen LogP) is 5.91. The largest absolute Gasteiger partial charge is 0.325 e. The van der Waals surface area contributed by atoms with Gasteiger partial charge in [0.2, 0.25) is 5.91 Å². The van der Waals surface area contributed by atoms with Crippen molar-refractivity contribution < 1.29 is 9.18 Å². The molecule has 1 amide bonds. The lowest BCUT2D eigenvalue weighted by Gasteiger charge is -2.21. The predicted molar refractivity (Wildman–Crippen MR) is 126 cm³/mol. The fraction of sp³-hybridized carbons (Fsp3) is 0.333. The van der Waals surface area contributed by atoms with Crippen molar-refractivity contribution in [3.63, 3.8) is 0 Å². The van der Waals surface area contributed by atoms with E-state index in [1.54, 1.807) is 36.4 Å². The van der Waals surface area contributed by atoms with Gasteiger partial charge in [-0.1, -0.05) is 29.3 Å². The summed E-state index contributed by atoms with van der Waals surface area (Å²) in [5.41, 5.74) is 2.08. The van der Waals surface area contributed by atoms with Gasteiger partial charge in [0, 0.05) is 28.9 Å². The first kappa shape index (κ1) is 22.8. The second-order valence-corrected chi connectivity index (χ2v) is 9.91. The molecular formula is C24H25Cl2FN4O. The molecule has 2 heterocycles. The summed E-state index contributed by atoms with van der Waals surface area (Å²) in [5.74, 6) is -0.761. The van der Waals surface area contributed by atoms with E-state index < -0.39 is 11.9 Å². The van der Waals surface area contributed by atoms with E-state index in [-0.39, 0.29) is 28.4 Å². The molecule has 32 heavy (non-hydrogen) atoms. The summed E-state index contributed by atoms with van der Waals surface area (Å²) in [6, 6.07) is 12.9. The van der Waals surface area contributed by atoms with Gasteiger partial charge in [-0.25, -0.2) is 4.39 Å². The fourth-order valence-electron chi connectivity index (χ4n) is 3.97. The van der Waals surface area contributed by atoms with E-state index in [0.717, 1.165) is 11.3 Å². The van der Waals surface area contributed by atoms with Gasteiger partial charge in [-0.05, 0) is 75.2 Å². The van der Waals surface area contributed by atoms with Gasteiger partial charge in [-0.2, -0.15) is 5.10 Å². The molecule has 1 aromatic heterocycles. The Balaban J connectivity index is 1.62. The van der Waals surface area contributed by atoms with Gasteiger partial charge in [0.15, 0.2) is 0 Å². The van der Waals surface area contributed by atoms with Gasteiger partial charge in [-0.15, -0.1) is 0 Å². The van der Waals surface area contributed by atoms with Crippen LogP contribution in [0.25, 0.3) is 0 Å². The Bertz CT molecular complexity index is 1120. The van der Waals surface area contributed by atoms with E-state index in [1.807, 2.05) is 16.9 Å². The summed E-state index contributed by atoms with van der Waals surface area (Å²) in [4.78, 5) is 13.0. The summed E-state index contributed by atoms with van der Waals surface area (Å²) < 4.78 is 16.1. The van der Waals surface area contributed by atoms with Crippen LogP contribution in [0.5, 0.6) is 0 Å². The van der Waals surface area contributed by atoms with Crippen LogP contribution in [0.3, 0.4) is 0 Å². The smallest absolute Gasteiger partial charge is 0.241 e. The van der Waals surface area contributed by atoms with E-state index >= 15 is 0 Å². The topological polar surface area (TPSA) is 59.0 Å². The second-order valence-electron chi connectivity index (χ2n) is 9.06. The number of benzene rings is 2. The molecular weight excluding hydrogens is 450 g/mol. The summed E-state index contributed by atoms with van der Waals surface area (Å²) in [6.07, 6.45) is 2.46. The molecule has 0 saturated carbocycles. The number of aromatic nitrogens is 2. The third kappa shape index (κ3) is 4.82. The lowest BCUT2D eigenvalue weighted by Crippen LogP contribution is -2.36. The number of amides is 1. The summed E-state index contributed by atoms with van der Waals surface area (Å²) in [7, 11) is 0. The van der Waals surface area contributed by atoms with Crippen molar-refractivity contribution in [2.75, 3.05) is 5.32 Å². The summed E-state index contributed by atoms with van der Waals surface area (Å²) >= 11 is 11.8. The van der Waals surface area contributed by atoms with Gasteiger partial charge < -0.3 is 5.32 Å². The molecule has 168 valence electrons. The second kappa shape index (κ2) is 8.85. The first-order chi connectivity index (χ1) is 15.1. The van der Waals surface area contributed by atoms with Crippen LogP contribution in [-0.4, -0.2) is 21.7 Å². The highest BCUT2D eigenvalue weighted by atomic mass is 35.5. The molecule has 1 saturated heterocycles. The minimum absolute atomic E-state index is 0.0670. The lowest BCUT2D eigenvalue weighted by atomic mass is 9.90. The van der Waals surface area contributed by atoms with Gasteiger partial charge in [0.25, 0.3) is 0 Å².